The number of nitrogens with two attached hydrogens (primary N) is 1. The Morgan fingerprint density at radius 2 is 2.33 bits per heavy atom. The van der Waals surface area contributed by atoms with E-state index in [4.69, 9.17) is 20.7 Å². The first kappa shape index (κ1) is 9.37. The van der Waals surface area contributed by atoms with Gasteiger partial charge in [-0.25, -0.2) is 9.38 Å². The van der Waals surface area contributed by atoms with Crippen molar-refractivity contribution in [1.82, 2.24) is 0 Å². The summed E-state index contributed by atoms with van der Waals surface area (Å²) in [5.74, 6) is 0. The Morgan fingerprint density at radius 3 is 2.75 bits per heavy atom. The van der Waals surface area contributed by atoms with Crippen LogP contribution in [0.1, 0.15) is 0 Å². The molecular formula is C6H11FN2O3. The SMILES string of the molecule is NC=N[C@@H]1O[C@H](CO)[C@@H](F)[C@H]1O. The van der Waals surface area contributed by atoms with Gasteiger partial charge in [0.15, 0.2) is 12.4 Å². The molecule has 0 aromatic rings. The average molecular weight is 178 g/mol. The lowest BCUT2D eigenvalue weighted by Gasteiger charge is -2.07. The van der Waals surface area contributed by atoms with Crippen molar-refractivity contribution < 1.29 is 19.3 Å². The molecule has 1 aliphatic rings. The van der Waals surface area contributed by atoms with Crippen molar-refractivity contribution in [3.05, 3.63) is 0 Å². The second kappa shape index (κ2) is 3.79. The topological polar surface area (TPSA) is 88.1 Å². The molecule has 1 saturated heterocycles. The highest BCUT2D eigenvalue weighted by Gasteiger charge is 2.43. The van der Waals surface area contributed by atoms with Gasteiger partial charge in [0.25, 0.3) is 0 Å². The first-order valence-corrected chi connectivity index (χ1v) is 3.52. The highest BCUT2D eigenvalue weighted by atomic mass is 19.1. The number of halogens is 1. The zero-order chi connectivity index (χ0) is 9.14. The lowest BCUT2D eigenvalue weighted by Crippen LogP contribution is -2.29. The van der Waals surface area contributed by atoms with Crippen molar-refractivity contribution in [1.29, 1.82) is 0 Å². The molecule has 6 heteroatoms. The monoisotopic (exact) mass is 178 g/mol. The number of rotatable bonds is 2. The molecule has 0 unspecified atom stereocenters. The van der Waals surface area contributed by atoms with Gasteiger partial charge in [-0.05, 0) is 0 Å². The Balaban J connectivity index is 2.60. The molecule has 0 aromatic heterocycles. The van der Waals surface area contributed by atoms with Crippen molar-refractivity contribution in [2.45, 2.75) is 24.6 Å². The predicted octanol–water partition coefficient (Wildman–Crippen LogP) is -1.61. The minimum absolute atomic E-state index is 0.477. The van der Waals surface area contributed by atoms with Gasteiger partial charge in [-0.2, -0.15) is 0 Å². The number of aliphatic imine (C=N–C) groups is 1. The van der Waals surface area contributed by atoms with E-state index in [0.29, 0.717) is 0 Å². The van der Waals surface area contributed by atoms with Crippen molar-refractivity contribution in [3.63, 3.8) is 0 Å². The maximum Gasteiger partial charge on any atom is 0.179 e. The van der Waals surface area contributed by atoms with Crippen molar-refractivity contribution in [2.24, 2.45) is 10.7 Å². The smallest absolute Gasteiger partial charge is 0.179 e. The minimum Gasteiger partial charge on any atom is -0.394 e. The van der Waals surface area contributed by atoms with Gasteiger partial charge < -0.3 is 20.7 Å². The Labute approximate surface area is 68.7 Å². The van der Waals surface area contributed by atoms with Gasteiger partial charge >= 0.3 is 0 Å². The molecule has 0 spiro atoms. The highest BCUT2D eigenvalue weighted by Crippen LogP contribution is 2.24. The lowest BCUT2D eigenvalue weighted by molar-refractivity contribution is -0.00830. The van der Waals surface area contributed by atoms with E-state index < -0.39 is 31.2 Å². The standard InChI is InChI=1S/C6H11FN2O3/c7-4-3(1-10)12-6(5(4)11)9-2-8/h2-6,10-11H,1H2,(H2,8,9)/t3-,4-,5-,6-/m1/s1. The molecule has 1 fully saturated rings. The molecule has 1 aliphatic heterocycles. The number of nitrogens with zero attached hydrogens (tertiary/aromatic N) is 1. The van der Waals surface area contributed by atoms with E-state index in [1.807, 2.05) is 0 Å². The van der Waals surface area contributed by atoms with Crippen LogP contribution in [-0.2, 0) is 4.74 Å². The molecule has 1 rings (SSSR count). The number of hydrogen-bond donors (Lipinski definition) is 3. The Kier molecular flexibility index (Phi) is 2.96. The summed E-state index contributed by atoms with van der Waals surface area (Å²) in [6.45, 7) is -0.477. The van der Waals surface area contributed by atoms with E-state index in [0.717, 1.165) is 6.34 Å². The van der Waals surface area contributed by atoms with Crippen LogP contribution in [0.25, 0.3) is 0 Å². The molecule has 1 heterocycles. The Bertz CT molecular complexity index is 178. The second-order valence-corrected chi connectivity index (χ2v) is 2.48. The number of aliphatic hydroxyl groups is 2. The molecule has 12 heavy (non-hydrogen) atoms. The molecular weight excluding hydrogens is 167 g/mol. The highest BCUT2D eigenvalue weighted by molar-refractivity contribution is 5.51. The number of alkyl halides is 1. The van der Waals surface area contributed by atoms with Crippen molar-refractivity contribution in [3.8, 4) is 0 Å². The Morgan fingerprint density at radius 1 is 1.67 bits per heavy atom. The summed E-state index contributed by atoms with van der Waals surface area (Å²) in [7, 11) is 0. The van der Waals surface area contributed by atoms with Gasteiger partial charge in [-0.1, -0.05) is 0 Å². The van der Waals surface area contributed by atoms with Gasteiger partial charge in [0.1, 0.15) is 12.2 Å². The van der Waals surface area contributed by atoms with Gasteiger partial charge in [0, 0.05) is 0 Å². The van der Waals surface area contributed by atoms with E-state index in [9.17, 15) is 4.39 Å². The summed E-state index contributed by atoms with van der Waals surface area (Å²) >= 11 is 0. The summed E-state index contributed by atoms with van der Waals surface area (Å²) < 4.78 is 17.7. The van der Waals surface area contributed by atoms with Crippen LogP contribution in [0.2, 0.25) is 0 Å². The maximum atomic E-state index is 12.9. The first-order chi connectivity index (χ1) is 5.70. The van der Waals surface area contributed by atoms with E-state index in [1.165, 1.54) is 0 Å². The average Bonchev–Trinajstić information content (AvgIpc) is 2.33. The van der Waals surface area contributed by atoms with Gasteiger partial charge in [0.05, 0.1) is 12.9 Å². The third kappa shape index (κ3) is 1.55. The van der Waals surface area contributed by atoms with E-state index in [1.54, 1.807) is 0 Å². The predicted molar refractivity (Wildman–Crippen MR) is 39.3 cm³/mol. The van der Waals surface area contributed by atoms with E-state index >= 15 is 0 Å². The Hall–Kier alpha value is -0.720. The van der Waals surface area contributed by atoms with Crippen LogP contribution in [0.4, 0.5) is 4.39 Å². The molecule has 0 radical (unpaired) electrons. The summed E-state index contributed by atoms with van der Waals surface area (Å²) in [6, 6.07) is 0. The first-order valence-electron chi connectivity index (χ1n) is 3.52. The lowest BCUT2D eigenvalue weighted by atomic mass is 10.2. The van der Waals surface area contributed by atoms with Crippen molar-refractivity contribution in [2.75, 3.05) is 6.61 Å². The summed E-state index contributed by atoms with van der Waals surface area (Å²) in [4.78, 5) is 3.48. The molecule has 0 bridgehead atoms. The minimum atomic E-state index is -1.61. The van der Waals surface area contributed by atoms with E-state index in [2.05, 4.69) is 4.99 Å². The fraction of sp³-hybridized carbons (Fsp3) is 0.833. The molecule has 5 nitrogen and oxygen atoms in total. The molecule has 0 amide bonds. The molecule has 4 atom stereocenters. The third-order valence-corrected chi connectivity index (χ3v) is 1.70. The molecule has 4 N–H and O–H groups in total. The largest absolute Gasteiger partial charge is 0.394 e. The summed E-state index contributed by atoms with van der Waals surface area (Å²) in [6.07, 6.45) is -4.03. The fourth-order valence-electron chi connectivity index (χ4n) is 1.06. The normalized spacial score (nSPS) is 42.6. The van der Waals surface area contributed by atoms with Crippen LogP contribution in [0.15, 0.2) is 4.99 Å². The fourth-order valence-corrected chi connectivity index (χ4v) is 1.06. The molecule has 70 valence electrons. The van der Waals surface area contributed by atoms with E-state index in [-0.39, 0.29) is 0 Å². The quantitative estimate of drug-likeness (QED) is 0.350. The van der Waals surface area contributed by atoms with Gasteiger partial charge in [-0.3, -0.25) is 0 Å². The van der Waals surface area contributed by atoms with Crippen LogP contribution < -0.4 is 5.73 Å². The summed E-state index contributed by atoms with van der Waals surface area (Å²) in [5.41, 5.74) is 4.94. The molecule has 0 saturated carbocycles. The van der Waals surface area contributed by atoms with Crippen LogP contribution >= 0.6 is 0 Å². The molecule has 0 aliphatic carbocycles. The zero-order valence-electron chi connectivity index (χ0n) is 6.30. The van der Waals surface area contributed by atoms with Crippen LogP contribution in [0.5, 0.6) is 0 Å². The second-order valence-electron chi connectivity index (χ2n) is 2.48. The summed E-state index contributed by atoms with van der Waals surface area (Å²) in [5, 5.41) is 17.7. The number of hydrogen-bond acceptors (Lipinski definition) is 4. The van der Waals surface area contributed by atoms with Crippen LogP contribution in [-0.4, -0.2) is 47.8 Å². The zero-order valence-corrected chi connectivity index (χ0v) is 6.30. The number of ether oxygens (including phenoxy) is 1. The van der Waals surface area contributed by atoms with Gasteiger partial charge in [-0.15, -0.1) is 0 Å². The van der Waals surface area contributed by atoms with Gasteiger partial charge in [0.2, 0.25) is 0 Å². The van der Waals surface area contributed by atoms with Crippen molar-refractivity contribution >= 4 is 6.34 Å². The third-order valence-electron chi connectivity index (χ3n) is 1.70. The van der Waals surface area contributed by atoms with Crippen LogP contribution in [0.3, 0.4) is 0 Å². The maximum absolute atomic E-state index is 12.9. The van der Waals surface area contributed by atoms with Crippen LogP contribution in [0, 0.1) is 0 Å². The number of aliphatic hydroxyl groups excluding tert-OH is 2. The molecule has 0 aromatic carbocycles.